The first-order chi connectivity index (χ1) is 9.65. The monoisotopic (exact) mass is 308 g/mol. The number of thioether (sulfide) groups is 1. The van der Waals surface area contributed by atoms with E-state index in [1.165, 1.54) is 23.1 Å². The quantitative estimate of drug-likeness (QED) is 0.493. The van der Waals surface area contributed by atoms with Gasteiger partial charge >= 0.3 is 5.97 Å². The summed E-state index contributed by atoms with van der Waals surface area (Å²) < 4.78 is 5.08. The molecule has 3 heterocycles. The van der Waals surface area contributed by atoms with Gasteiger partial charge in [0.05, 0.1) is 18.3 Å². The van der Waals surface area contributed by atoms with Crippen LogP contribution in [0.3, 0.4) is 0 Å². The summed E-state index contributed by atoms with van der Waals surface area (Å²) in [6.07, 6.45) is 3.58. The third-order valence-electron chi connectivity index (χ3n) is 2.82. The molecule has 0 aromatic carbocycles. The maximum Gasteiger partial charge on any atom is 0.350 e. The molecule has 0 amide bonds. The van der Waals surface area contributed by atoms with Crippen molar-refractivity contribution in [3.8, 4) is 0 Å². The number of carbonyl (C=O) groups excluding carboxylic acids is 1. The van der Waals surface area contributed by atoms with Gasteiger partial charge in [-0.25, -0.2) is 19.8 Å². The molecule has 2 aromatic rings. The van der Waals surface area contributed by atoms with Gasteiger partial charge in [-0.05, 0) is 13.2 Å². The molecule has 1 aliphatic rings. The molecular formula is C12H12N4O2S2. The maximum atomic E-state index is 12.0. The molecule has 0 fully saturated rings. The van der Waals surface area contributed by atoms with Crippen LogP contribution in [-0.4, -0.2) is 42.2 Å². The molecule has 0 saturated carbocycles. The third-order valence-corrected chi connectivity index (χ3v) is 4.42. The smallest absolute Gasteiger partial charge is 0.350 e. The Morgan fingerprint density at radius 1 is 1.50 bits per heavy atom. The van der Waals surface area contributed by atoms with Crippen molar-refractivity contribution in [3.05, 3.63) is 4.88 Å². The molecule has 0 radical (unpaired) electrons. The normalized spacial score (nSPS) is 13.1. The van der Waals surface area contributed by atoms with Crippen molar-refractivity contribution in [2.45, 2.75) is 12.1 Å². The topological polar surface area (TPSA) is 67.7 Å². The molecule has 0 N–H and O–H groups in total. The van der Waals surface area contributed by atoms with Gasteiger partial charge in [-0.1, -0.05) is 11.8 Å². The van der Waals surface area contributed by atoms with Crippen LogP contribution >= 0.6 is 23.1 Å². The minimum absolute atomic E-state index is 0.338. The van der Waals surface area contributed by atoms with Crippen LogP contribution in [0.1, 0.15) is 16.6 Å². The van der Waals surface area contributed by atoms with Gasteiger partial charge in [-0.3, -0.25) is 0 Å². The van der Waals surface area contributed by atoms with Gasteiger partial charge < -0.3 is 9.64 Å². The van der Waals surface area contributed by atoms with Crippen molar-refractivity contribution in [1.82, 2.24) is 9.97 Å². The van der Waals surface area contributed by atoms with E-state index in [2.05, 4.69) is 15.0 Å². The van der Waals surface area contributed by atoms with Crippen LogP contribution in [-0.2, 0) is 4.74 Å². The van der Waals surface area contributed by atoms with E-state index in [4.69, 9.17) is 4.74 Å². The van der Waals surface area contributed by atoms with Crippen LogP contribution in [0, 0.1) is 0 Å². The Labute approximate surface area is 123 Å². The van der Waals surface area contributed by atoms with E-state index in [0.29, 0.717) is 22.3 Å². The lowest BCUT2D eigenvalue weighted by atomic mass is 10.2. The van der Waals surface area contributed by atoms with Crippen molar-refractivity contribution in [2.24, 2.45) is 4.99 Å². The highest BCUT2D eigenvalue weighted by molar-refractivity contribution is 7.98. The van der Waals surface area contributed by atoms with E-state index < -0.39 is 0 Å². The fourth-order valence-electron chi connectivity index (χ4n) is 1.95. The first kappa shape index (κ1) is 13.3. The van der Waals surface area contributed by atoms with Crippen LogP contribution in [0.25, 0.3) is 10.2 Å². The zero-order valence-electron chi connectivity index (χ0n) is 11.2. The van der Waals surface area contributed by atoms with Crippen molar-refractivity contribution < 1.29 is 9.53 Å². The van der Waals surface area contributed by atoms with Gasteiger partial charge in [0.25, 0.3) is 0 Å². The lowest BCUT2D eigenvalue weighted by molar-refractivity contribution is 0.0533. The number of rotatable bonds is 3. The van der Waals surface area contributed by atoms with Gasteiger partial charge in [0, 0.05) is 7.05 Å². The van der Waals surface area contributed by atoms with Gasteiger partial charge in [0.15, 0.2) is 5.16 Å². The average Bonchev–Trinajstić information content (AvgIpc) is 2.82. The SMILES string of the molecule is CCOC(=O)c1sc2nc(SC)nc3c2c1N=CN3C. The molecule has 8 heteroatoms. The maximum absolute atomic E-state index is 12.0. The van der Waals surface area contributed by atoms with E-state index >= 15 is 0 Å². The van der Waals surface area contributed by atoms with Gasteiger partial charge in [-0.15, -0.1) is 11.3 Å². The first-order valence-electron chi connectivity index (χ1n) is 5.98. The number of hydrogen-bond donors (Lipinski definition) is 0. The molecule has 104 valence electrons. The minimum atomic E-state index is -0.358. The molecule has 1 aliphatic heterocycles. The van der Waals surface area contributed by atoms with E-state index in [9.17, 15) is 4.79 Å². The number of aromatic nitrogens is 2. The molecule has 0 unspecified atom stereocenters. The highest BCUT2D eigenvalue weighted by atomic mass is 32.2. The summed E-state index contributed by atoms with van der Waals surface area (Å²) in [5.74, 6) is 0.417. The summed E-state index contributed by atoms with van der Waals surface area (Å²) >= 11 is 2.77. The van der Waals surface area contributed by atoms with E-state index in [1.807, 2.05) is 18.2 Å². The molecule has 6 nitrogen and oxygen atoms in total. The number of ether oxygens (including phenoxy) is 1. The number of nitrogens with zero attached hydrogens (tertiary/aromatic N) is 4. The zero-order valence-corrected chi connectivity index (χ0v) is 12.8. The van der Waals surface area contributed by atoms with Crippen molar-refractivity contribution in [2.75, 3.05) is 24.8 Å². The number of thiophene rings is 1. The molecule has 2 aromatic heterocycles. The summed E-state index contributed by atoms with van der Waals surface area (Å²) in [5.41, 5.74) is 0.615. The lowest BCUT2D eigenvalue weighted by Crippen LogP contribution is -2.18. The second-order valence-corrected chi connectivity index (χ2v) is 5.84. The van der Waals surface area contributed by atoms with Crippen LogP contribution in [0.15, 0.2) is 10.1 Å². The molecule has 0 bridgehead atoms. The van der Waals surface area contributed by atoms with Gasteiger partial charge in [0.1, 0.15) is 21.2 Å². The predicted octanol–water partition coefficient (Wildman–Crippen LogP) is 2.70. The molecule has 0 spiro atoms. The van der Waals surface area contributed by atoms with Crippen molar-refractivity contribution >= 4 is 57.1 Å². The number of hydrogen-bond acceptors (Lipinski definition) is 8. The molecule has 0 saturated heterocycles. The second-order valence-electron chi connectivity index (χ2n) is 4.07. The molecule has 3 rings (SSSR count). The zero-order chi connectivity index (χ0) is 14.3. The van der Waals surface area contributed by atoms with Crippen LogP contribution in [0.4, 0.5) is 11.5 Å². The van der Waals surface area contributed by atoms with Crippen LogP contribution in [0.5, 0.6) is 0 Å². The molecule has 20 heavy (non-hydrogen) atoms. The highest BCUT2D eigenvalue weighted by Crippen LogP contribution is 2.44. The minimum Gasteiger partial charge on any atom is -0.462 e. The third kappa shape index (κ3) is 1.95. The lowest BCUT2D eigenvalue weighted by Gasteiger charge is -2.17. The van der Waals surface area contributed by atoms with Gasteiger partial charge in [0.2, 0.25) is 0 Å². The fraction of sp³-hybridized carbons (Fsp3) is 0.333. The fourth-order valence-corrected chi connectivity index (χ4v) is 3.38. The summed E-state index contributed by atoms with van der Waals surface area (Å²) in [5, 5.41) is 1.50. The average molecular weight is 308 g/mol. The Morgan fingerprint density at radius 2 is 2.30 bits per heavy atom. The molecule has 0 aliphatic carbocycles. The van der Waals surface area contributed by atoms with E-state index in [-0.39, 0.29) is 5.97 Å². The van der Waals surface area contributed by atoms with E-state index in [1.54, 1.807) is 13.3 Å². The number of esters is 1. The Hall–Kier alpha value is -1.67. The van der Waals surface area contributed by atoms with Gasteiger partial charge in [-0.2, -0.15) is 0 Å². The Bertz CT molecular complexity index is 726. The number of aliphatic imine (C=N–C) groups is 1. The summed E-state index contributed by atoms with van der Waals surface area (Å²) in [4.78, 5) is 28.4. The molecular weight excluding hydrogens is 296 g/mol. The predicted molar refractivity (Wildman–Crippen MR) is 81.7 cm³/mol. The Morgan fingerprint density at radius 3 is 3.00 bits per heavy atom. The largest absolute Gasteiger partial charge is 0.462 e. The first-order valence-corrected chi connectivity index (χ1v) is 8.02. The summed E-state index contributed by atoms with van der Waals surface area (Å²) in [6.45, 7) is 2.12. The van der Waals surface area contributed by atoms with Crippen LogP contribution < -0.4 is 4.90 Å². The van der Waals surface area contributed by atoms with Crippen molar-refractivity contribution in [3.63, 3.8) is 0 Å². The Balaban J connectivity index is 2.27. The highest BCUT2D eigenvalue weighted by Gasteiger charge is 2.27. The van der Waals surface area contributed by atoms with E-state index in [0.717, 1.165) is 16.0 Å². The van der Waals surface area contributed by atoms with Crippen molar-refractivity contribution in [1.29, 1.82) is 0 Å². The number of anilines is 1. The Kier molecular flexibility index (Phi) is 3.35. The van der Waals surface area contributed by atoms with Crippen LogP contribution in [0.2, 0.25) is 0 Å². The summed E-state index contributed by atoms with van der Waals surface area (Å²) in [6, 6.07) is 0. The second kappa shape index (κ2) is 5.02. The standard InChI is InChI=1S/C12H12N4O2S2/c1-4-18-11(17)8-7-6-9(16(2)5-13-7)14-12(19-3)15-10(6)20-8/h5H,4H2,1-3H3. The number of carbonyl (C=O) groups is 1. The summed E-state index contributed by atoms with van der Waals surface area (Å²) in [7, 11) is 1.88. The molecule has 0 atom stereocenters.